The average molecular weight is 288 g/mol. The van der Waals surface area contributed by atoms with Crippen molar-refractivity contribution in [3.05, 3.63) is 59.1 Å². The normalized spacial score (nSPS) is 11.2. The number of thiazole rings is 1. The molecule has 3 rings (SSSR count). The topological polar surface area (TPSA) is 37.3 Å². The Labute approximate surface area is 119 Å². The van der Waals surface area contributed by atoms with E-state index in [1.807, 2.05) is 48.5 Å². The molecule has 3 aromatic rings. The zero-order valence-electron chi connectivity index (χ0n) is 9.88. The van der Waals surface area contributed by atoms with Gasteiger partial charge in [0, 0.05) is 5.02 Å². The molecule has 5 heteroatoms. The summed E-state index contributed by atoms with van der Waals surface area (Å²) in [5, 5.41) is 5.67. The number of hydrogen-bond acceptors (Lipinski definition) is 4. The number of nitrogens with one attached hydrogen (secondary N) is 1. The van der Waals surface area contributed by atoms with Crippen LogP contribution in [0.1, 0.15) is 5.56 Å². The van der Waals surface area contributed by atoms with E-state index in [9.17, 15) is 0 Å². The summed E-state index contributed by atoms with van der Waals surface area (Å²) >= 11 is 7.40. The number of halogens is 1. The number of benzene rings is 2. The van der Waals surface area contributed by atoms with Crippen LogP contribution >= 0.6 is 22.9 Å². The number of nitrogens with zero attached hydrogens (tertiary/aromatic N) is 2. The van der Waals surface area contributed by atoms with Crippen molar-refractivity contribution in [2.75, 3.05) is 5.43 Å². The Balaban J connectivity index is 1.73. The highest BCUT2D eigenvalue weighted by Gasteiger charge is 2.00. The number of fused-ring (bicyclic) bond motifs is 1. The zero-order chi connectivity index (χ0) is 13.1. The molecule has 3 nitrogen and oxygen atoms in total. The summed E-state index contributed by atoms with van der Waals surface area (Å²) < 4.78 is 1.15. The third-order valence-corrected chi connectivity index (χ3v) is 3.73. The van der Waals surface area contributed by atoms with Gasteiger partial charge in [0.1, 0.15) is 0 Å². The molecule has 0 aliphatic carbocycles. The Morgan fingerprint density at radius 2 is 1.89 bits per heavy atom. The molecule has 0 atom stereocenters. The molecule has 0 aliphatic rings. The molecule has 1 N–H and O–H groups in total. The van der Waals surface area contributed by atoms with Crippen LogP contribution in [0.5, 0.6) is 0 Å². The molecular weight excluding hydrogens is 278 g/mol. The minimum Gasteiger partial charge on any atom is -0.253 e. The molecule has 0 unspecified atom stereocenters. The second-order valence-corrected chi connectivity index (χ2v) is 5.38. The molecule has 0 radical (unpaired) electrons. The first-order valence-electron chi connectivity index (χ1n) is 5.71. The molecule has 19 heavy (non-hydrogen) atoms. The lowest BCUT2D eigenvalue weighted by Gasteiger charge is -1.94. The third kappa shape index (κ3) is 2.92. The third-order valence-electron chi connectivity index (χ3n) is 2.54. The first kappa shape index (κ1) is 12.1. The van der Waals surface area contributed by atoms with Gasteiger partial charge in [-0.05, 0) is 29.8 Å². The Bertz CT molecular complexity index is 686. The fourth-order valence-electron chi connectivity index (χ4n) is 1.63. The van der Waals surface area contributed by atoms with Crippen LogP contribution in [-0.2, 0) is 0 Å². The van der Waals surface area contributed by atoms with Crippen LogP contribution in [0.4, 0.5) is 5.13 Å². The second kappa shape index (κ2) is 5.38. The maximum atomic E-state index is 5.82. The molecule has 0 aliphatic heterocycles. The van der Waals surface area contributed by atoms with Crippen LogP contribution in [0.25, 0.3) is 10.2 Å². The number of anilines is 1. The van der Waals surface area contributed by atoms with E-state index in [4.69, 9.17) is 11.6 Å². The van der Waals surface area contributed by atoms with E-state index >= 15 is 0 Å². The molecular formula is C14H10ClN3S. The fraction of sp³-hybridized carbons (Fsp3) is 0. The highest BCUT2D eigenvalue weighted by Crippen LogP contribution is 2.25. The van der Waals surface area contributed by atoms with Gasteiger partial charge in [0.05, 0.1) is 16.4 Å². The summed E-state index contributed by atoms with van der Waals surface area (Å²) in [6.45, 7) is 0. The van der Waals surface area contributed by atoms with Gasteiger partial charge in [-0.25, -0.2) is 4.98 Å². The summed E-state index contributed by atoms with van der Waals surface area (Å²) in [6.07, 6.45) is 1.74. The van der Waals surface area contributed by atoms with E-state index in [0.717, 1.165) is 25.9 Å². The van der Waals surface area contributed by atoms with Gasteiger partial charge in [-0.15, -0.1) is 0 Å². The van der Waals surface area contributed by atoms with Crippen LogP contribution in [0.3, 0.4) is 0 Å². The number of rotatable bonds is 3. The van der Waals surface area contributed by atoms with Gasteiger partial charge in [-0.2, -0.15) is 5.10 Å². The van der Waals surface area contributed by atoms with Crippen molar-refractivity contribution in [1.29, 1.82) is 0 Å². The maximum absolute atomic E-state index is 5.82. The van der Waals surface area contributed by atoms with Gasteiger partial charge in [-0.3, -0.25) is 5.43 Å². The summed E-state index contributed by atoms with van der Waals surface area (Å²) in [7, 11) is 0. The molecule has 0 amide bonds. The smallest absolute Gasteiger partial charge is 0.204 e. The average Bonchev–Trinajstić information content (AvgIpc) is 2.83. The van der Waals surface area contributed by atoms with Crippen molar-refractivity contribution in [3.8, 4) is 0 Å². The molecule has 0 bridgehead atoms. The Morgan fingerprint density at radius 1 is 1.11 bits per heavy atom. The number of hydrogen-bond donors (Lipinski definition) is 1. The van der Waals surface area contributed by atoms with Crippen molar-refractivity contribution in [2.45, 2.75) is 0 Å². The number of aromatic nitrogens is 1. The van der Waals surface area contributed by atoms with Crippen molar-refractivity contribution in [2.24, 2.45) is 5.10 Å². The van der Waals surface area contributed by atoms with Crippen molar-refractivity contribution < 1.29 is 0 Å². The first-order chi connectivity index (χ1) is 9.31. The van der Waals surface area contributed by atoms with Crippen LogP contribution in [0, 0.1) is 0 Å². The van der Waals surface area contributed by atoms with Crippen molar-refractivity contribution in [1.82, 2.24) is 4.98 Å². The lowest BCUT2D eigenvalue weighted by atomic mass is 10.2. The number of para-hydroxylation sites is 1. The standard InChI is InChI=1S/C14H10ClN3S/c15-11-7-5-10(6-8-11)9-16-18-14-17-12-3-1-2-4-13(12)19-14/h1-9H,(H,17,18). The van der Waals surface area contributed by atoms with Crippen LogP contribution < -0.4 is 5.43 Å². The highest BCUT2D eigenvalue weighted by atomic mass is 35.5. The van der Waals surface area contributed by atoms with Gasteiger partial charge in [0.2, 0.25) is 5.13 Å². The van der Waals surface area contributed by atoms with Crippen molar-refractivity contribution in [3.63, 3.8) is 0 Å². The van der Waals surface area contributed by atoms with Crippen LogP contribution in [-0.4, -0.2) is 11.2 Å². The molecule has 0 saturated carbocycles. The minimum absolute atomic E-state index is 0.719. The van der Waals surface area contributed by atoms with E-state index in [2.05, 4.69) is 15.5 Å². The quantitative estimate of drug-likeness (QED) is 0.573. The SMILES string of the molecule is Clc1ccc(C=NNc2nc3ccccc3s2)cc1. The lowest BCUT2D eigenvalue weighted by molar-refractivity contribution is 1.31. The summed E-state index contributed by atoms with van der Waals surface area (Å²) in [4.78, 5) is 4.43. The molecule has 0 fully saturated rings. The van der Waals surface area contributed by atoms with Crippen molar-refractivity contribution >= 4 is 44.5 Å². The fourth-order valence-corrected chi connectivity index (χ4v) is 2.57. The van der Waals surface area contributed by atoms with Gasteiger partial charge >= 0.3 is 0 Å². The maximum Gasteiger partial charge on any atom is 0.204 e. The van der Waals surface area contributed by atoms with Gasteiger partial charge in [-0.1, -0.05) is 47.2 Å². The van der Waals surface area contributed by atoms with Crippen LogP contribution in [0.2, 0.25) is 5.02 Å². The van der Waals surface area contributed by atoms with Crippen LogP contribution in [0.15, 0.2) is 53.6 Å². The second-order valence-electron chi connectivity index (χ2n) is 3.91. The molecule has 1 aromatic heterocycles. The summed E-state index contributed by atoms with van der Waals surface area (Å²) in [5.74, 6) is 0. The minimum atomic E-state index is 0.719. The van der Waals surface area contributed by atoms with E-state index in [1.54, 1.807) is 17.6 Å². The molecule has 1 heterocycles. The van der Waals surface area contributed by atoms with Gasteiger partial charge in [0.25, 0.3) is 0 Å². The predicted octanol–water partition coefficient (Wildman–Crippen LogP) is 4.40. The monoisotopic (exact) mass is 287 g/mol. The van der Waals surface area contributed by atoms with E-state index < -0.39 is 0 Å². The number of hydrazone groups is 1. The zero-order valence-corrected chi connectivity index (χ0v) is 11.4. The highest BCUT2D eigenvalue weighted by molar-refractivity contribution is 7.22. The Kier molecular flexibility index (Phi) is 3.44. The lowest BCUT2D eigenvalue weighted by Crippen LogP contribution is -1.89. The first-order valence-corrected chi connectivity index (χ1v) is 6.91. The largest absolute Gasteiger partial charge is 0.253 e. The summed E-state index contributed by atoms with van der Waals surface area (Å²) in [6, 6.07) is 15.5. The molecule has 0 spiro atoms. The Hall–Kier alpha value is -1.91. The van der Waals surface area contributed by atoms with E-state index in [0.29, 0.717) is 0 Å². The van der Waals surface area contributed by atoms with Gasteiger partial charge in [0.15, 0.2) is 0 Å². The summed E-state index contributed by atoms with van der Waals surface area (Å²) in [5.41, 5.74) is 4.91. The van der Waals surface area contributed by atoms with E-state index in [1.165, 1.54) is 0 Å². The predicted molar refractivity (Wildman–Crippen MR) is 82.3 cm³/mol. The molecule has 0 saturated heterocycles. The molecule has 94 valence electrons. The molecule has 2 aromatic carbocycles. The van der Waals surface area contributed by atoms with E-state index in [-0.39, 0.29) is 0 Å². The van der Waals surface area contributed by atoms with Gasteiger partial charge < -0.3 is 0 Å². The Morgan fingerprint density at radius 3 is 2.68 bits per heavy atom.